The number of benzene rings is 1. The van der Waals surface area contributed by atoms with Gasteiger partial charge in [-0.05, 0) is 37.4 Å². The van der Waals surface area contributed by atoms with Crippen LogP contribution >= 0.6 is 12.2 Å². The molecule has 2 rings (SSSR count). The number of nitrogens with two attached hydrogens (primary N) is 1. The molecule has 0 saturated carbocycles. The minimum atomic E-state index is 0.412. The molecule has 0 bridgehead atoms. The molecular formula is C15H22N2OS. The fourth-order valence-electron chi connectivity index (χ4n) is 2.52. The van der Waals surface area contributed by atoms with E-state index in [1.807, 2.05) is 24.3 Å². The van der Waals surface area contributed by atoms with Crippen molar-refractivity contribution in [2.24, 2.45) is 11.7 Å². The van der Waals surface area contributed by atoms with Gasteiger partial charge in [-0.15, -0.1) is 0 Å². The van der Waals surface area contributed by atoms with Crippen molar-refractivity contribution in [1.82, 2.24) is 4.90 Å². The zero-order valence-electron chi connectivity index (χ0n) is 11.5. The van der Waals surface area contributed by atoms with Gasteiger partial charge < -0.3 is 10.5 Å². The largest absolute Gasteiger partial charge is 0.492 e. The molecule has 1 aromatic carbocycles. The Hall–Kier alpha value is -1.13. The summed E-state index contributed by atoms with van der Waals surface area (Å²) in [5, 5.41) is 0. The van der Waals surface area contributed by atoms with E-state index < -0.39 is 0 Å². The van der Waals surface area contributed by atoms with Crippen molar-refractivity contribution in [3.05, 3.63) is 29.8 Å². The number of hydrogen-bond acceptors (Lipinski definition) is 3. The van der Waals surface area contributed by atoms with E-state index in [0.29, 0.717) is 11.6 Å². The van der Waals surface area contributed by atoms with E-state index in [-0.39, 0.29) is 0 Å². The fourth-order valence-corrected chi connectivity index (χ4v) is 2.65. The monoisotopic (exact) mass is 278 g/mol. The van der Waals surface area contributed by atoms with Crippen molar-refractivity contribution >= 4 is 17.2 Å². The molecule has 4 heteroatoms. The van der Waals surface area contributed by atoms with Crippen LogP contribution in [0.4, 0.5) is 0 Å². The van der Waals surface area contributed by atoms with Crippen LogP contribution in [0, 0.1) is 5.92 Å². The first-order chi connectivity index (χ1) is 9.15. The van der Waals surface area contributed by atoms with Gasteiger partial charge in [0.2, 0.25) is 0 Å². The minimum absolute atomic E-state index is 0.412. The third-order valence-electron chi connectivity index (χ3n) is 3.54. The molecule has 1 unspecified atom stereocenters. The summed E-state index contributed by atoms with van der Waals surface area (Å²) in [4.78, 5) is 2.89. The van der Waals surface area contributed by atoms with Crippen LogP contribution in [0.3, 0.4) is 0 Å². The number of rotatable bonds is 5. The second kappa shape index (κ2) is 6.87. The zero-order valence-corrected chi connectivity index (χ0v) is 12.3. The van der Waals surface area contributed by atoms with Crippen molar-refractivity contribution in [2.75, 3.05) is 26.2 Å². The SMILES string of the molecule is CC1CCCN(CCOc2cccc(C(N)=S)c2)C1. The van der Waals surface area contributed by atoms with Gasteiger partial charge in [0.15, 0.2) is 0 Å². The highest BCUT2D eigenvalue weighted by Gasteiger charge is 2.15. The molecule has 1 atom stereocenters. The first-order valence-corrected chi connectivity index (χ1v) is 7.31. The lowest BCUT2D eigenvalue weighted by Gasteiger charge is -2.30. The third-order valence-corrected chi connectivity index (χ3v) is 3.77. The molecule has 3 nitrogen and oxygen atoms in total. The molecule has 0 aliphatic carbocycles. The first kappa shape index (κ1) is 14.3. The maximum absolute atomic E-state index is 5.78. The maximum atomic E-state index is 5.78. The quantitative estimate of drug-likeness (QED) is 0.840. The lowest BCUT2D eigenvalue weighted by molar-refractivity contribution is 0.153. The lowest BCUT2D eigenvalue weighted by atomic mass is 10.0. The third kappa shape index (κ3) is 4.48. The van der Waals surface area contributed by atoms with Gasteiger partial charge >= 0.3 is 0 Å². The molecule has 1 saturated heterocycles. The van der Waals surface area contributed by atoms with Gasteiger partial charge in [-0.1, -0.05) is 31.3 Å². The van der Waals surface area contributed by atoms with Crippen molar-refractivity contribution in [1.29, 1.82) is 0 Å². The second-order valence-corrected chi connectivity index (χ2v) is 5.73. The Morgan fingerprint density at radius 3 is 3.11 bits per heavy atom. The van der Waals surface area contributed by atoms with Crippen molar-refractivity contribution < 1.29 is 4.74 Å². The van der Waals surface area contributed by atoms with E-state index in [0.717, 1.165) is 23.8 Å². The molecule has 19 heavy (non-hydrogen) atoms. The molecule has 104 valence electrons. The predicted octanol–water partition coefficient (Wildman–Crippen LogP) is 2.43. The highest BCUT2D eigenvalue weighted by molar-refractivity contribution is 7.80. The van der Waals surface area contributed by atoms with Gasteiger partial charge in [-0.2, -0.15) is 0 Å². The van der Waals surface area contributed by atoms with Crippen LogP contribution in [-0.4, -0.2) is 36.1 Å². The summed E-state index contributed by atoms with van der Waals surface area (Å²) in [5.74, 6) is 1.65. The Labute approximate surface area is 120 Å². The highest BCUT2D eigenvalue weighted by Crippen LogP contribution is 2.16. The molecule has 0 aromatic heterocycles. The van der Waals surface area contributed by atoms with Crippen LogP contribution in [0.2, 0.25) is 0 Å². The topological polar surface area (TPSA) is 38.5 Å². The van der Waals surface area contributed by atoms with Gasteiger partial charge in [0.1, 0.15) is 17.3 Å². The van der Waals surface area contributed by atoms with Crippen LogP contribution < -0.4 is 10.5 Å². The van der Waals surface area contributed by atoms with E-state index in [1.165, 1.54) is 25.9 Å². The lowest BCUT2D eigenvalue weighted by Crippen LogP contribution is -2.37. The zero-order chi connectivity index (χ0) is 13.7. The molecule has 0 radical (unpaired) electrons. The average Bonchev–Trinajstić information content (AvgIpc) is 2.39. The Morgan fingerprint density at radius 2 is 2.37 bits per heavy atom. The van der Waals surface area contributed by atoms with E-state index in [9.17, 15) is 0 Å². The van der Waals surface area contributed by atoms with Crippen molar-refractivity contribution in [3.63, 3.8) is 0 Å². The van der Waals surface area contributed by atoms with E-state index >= 15 is 0 Å². The van der Waals surface area contributed by atoms with Gasteiger partial charge in [-0.3, -0.25) is 4.90 Å². The summed E-state index contributed by atoms with van der Waals surface area (Å²) in [5.41, 5.74) is 6.47. The Morgan fingerprint density at radius 1 is 1.53 bits per heavy atom. The molecule has 1 fully saturated rings. The Bertz CT molecular complexity index is 436. The number of piperidine rings is 1. The number of nitrogens with zero attached hydrogens (tertiary/aromatic N) is 1. The molecule has 0 spiro atoms. The fraction of sp³-hybridized carbons (Fsp3) is 0.533. The summed E-state index contributed by atoms with van der Waals surface area (Å²) in [6.07, 6.45) is 2.66. The molecule has 1 aliphatic heterocycles. The minimum Gasteiger partial charge on any atom is -0.492 e. The van der Waals surface area contributed by atoms with Gasteiger partial charge in [-0.25, -0.2) is 0 Å². The molecule has 2 N–H and O–H groups in total. The molecule has 1 aliphatic rings. The van der Waals surface area contributed by atoms with Crippen LogP contribution in [0.1, 0.15) is 25.3 Å². The summed E-state index contributed by atoms with van der Waals surface area (Å²) >= 11 is 4.96. The van der Waals surface area contributed by atoms with Crippen LogP contribution in [-0.2, 0) is 0 Å². The highest BCUT2D eigenvalue weighted by atomic mass is 32.1. The van der Waals surface area contributed by atoms with Crippen molar-refractivity contribution in [3.8, 4) is 5.75 Å². The summed E-state index contributed by atoms with van der Waals surface area (Å²) in [7, 11) is 0. The Kier molecular flexibility index (Phi) is 5.16. The van der Waals surface area contributed by atoms with E-state index in [4.69, 9.17) is 22.7 Å². The van der Waals surface area contributed by atoms with Crippen molar-refractivity contribution in [2.45, 2.75) is 19.8 Å². The van der Waals surface area contributed by atoms with Gasteiger partial charge in [0.05, 0.1) is 0 Å². The van der Waals surface area contributed by atoms with Crippen LogP contribution in [0.15, 0.2) is 24.3 Å². The second-order valence-electron chi connectivity index (χ2n) is 5.29. The number of thiocarbonyl (C=S) groups is 1. The van der Waals surface area contributed by atoms with Gasteiger partial charge in [0.25, 0.3) is 0 Å². The van der Waals surface area contributed by atoms with Gasteiger partial charge in [0, 0.05) is 18.7 Å². The summed E-state index contributed by atoms with van der Waals surface area (Å²) in [6, 6.07) is 7.68. The van der Waals surface area contributed by atoms with Crippen LogP contribution in [0.25, 0.3) is 0 Å². The number of likely N-dealkylation sites (tertiary alicyclic amines) is 1. The maximum Gasteiger partial charge on any atom is 0.120 e. The average molecular weight is 278 g/mol. The Balaban J connectivity index is 1.79. The van der Waals surface area contributed by atoms with E-state index in [2.05, 4.69) is 11.8 Å². The standard InChI is InChI=1S/C15H22N2OS/c1-12-4-3-7-17(11-12)8-9-18-14-6-2-5-13(10-14)15(16)19/h2,5-6,10,12H,3-4,7-9,11H2,1H3,(H2,16,19). The molecule has 0 amide bonds. The van der Waals surface area contributed by atoms with E-state index in [1.54, 1.807) is 0 Å². The summed E-state index contributed by atoms with van der Waals surface area (Å²) in [6.45, 7) is 6.41. The summed E-state index contributed by atoms with van der Waals surface area (Å²) < 4.78 is 5.78. The number of ether oxygens (including phenoxy) is 1. The number of hydrogen-bond donors (Lipinski definition) is 1. The first-order valence-electron chi connectivity index (χ1n) is 6.90. The smallest absolute Gasteiger partial charge is 0.120 e. The molecular weight excluding hydrogens is 256 g/mol. The molecule has 1 heterocycles. The molecule has 1 aromatic rings. The predicted molar refractivity (Wildman–Crippen MR) is 82.7 cm³/mol. The normalized spacial score (nSPS) is 20.2. The van der Waals surface area contributed by atoms with Crippen LogP contribution in [0.5, 0.6) is 5.75 Å².